The molecule has 1 atom stereocenters. The zero-order chi connectivity index (χ0) is 14.4. The van der Waals surface area contributed by atoms with E-state index in [0.717, 1.165) is 24.4 Å². The molecule has 0 aliphatic rings. The highest BCUT2D eigenvalue weighted by Crippen LogP contribution is 2.24. The van der Waals surface area contributed by atoms with Gasteiger partial charge in [0.1, 0.15) is 6.04 Å². The molecule has 106 valence electrons. The number of carbonyl (C=O) groups is 1. The minimum atomic E-state index is -0.780. The standard InChI is InChI=1S/C16H19NO2S/c1-13(16(18)19)17(15-10-6-12-20-15)11-5-9-14-7-3-2-4-8-14/h2-4,6-8,10,12-13H,5,9,11H2,1H3,(H,18,19)/t13-/m0/s1. The lowest BCUT2D eigenvalue weighted by Crippen LogP contribution is -2.39. The summed E-state index contributed by atoms with van der Waals surface area (Å²) in [5.74, 6) is -0.780. The molecule has 0 bridgehead atoms. The second kappa shape index (κ2) is 7.10. The van der Waals surface area contributed by atoms with Crippen LogP contribution < -0.4 is 4.90 Å². The molecule has 1 N–H and O–H groups in total. The first-order valence-electron chi connectivity index (χ1n) is 6.75. The summed E-state index contributed by atoms with van der Waals surface area (Å²) in [6.07, 6.45) is 1.91. The van der Waals surface area contributed by atoms with Crippen LogP contribution in [0.1, 0.15) is 18.9 Å². The van der Waals surface area contributed by atoms with Gasteiger partial charge in [0.05, 0.1) is 5.00 Å². The SMILES string of the molecule is C[C@@H](C(=O)O)N(CCCc1ccccc1)c1cccs1. The van der Waals surface area contributed by atoms with Gasteiger partial charge in [0.15, 0.2) is 0 Å². The molecule has 0 unspecified atom stereocenters. The molecule has 1 aromatic carbocycles. The molecule has 20 heavy (non-hydrogen) atoms. The zero-order valence-electron chi connectivity index (χ0n) is 11.5. The van der Waals surface area contributed by atoms with E-state index in [1.165, 1.54) is 5.56 Å². The van der Waals surface area contributed by atoms with Gasteiger partial charge in [-0.2, -0.15) is 0 Å². The van der Waals surface area contributed by atoms with Gasteiger partial charge in [0, 0.05) is 6.54 Å². The van der Waals surface area contributed by atoms with Crippen LogP contribution in [0.5, 0.6) is 0 Å². The van der Waals surface area contributed by atoms with Crippen molar-refractivity contribution in [3.63, 3.8) is 0 Å². The van der Waals surface area contributed by atoms with Crippen molar-refractivity contribution in [2.45, 2.75) is 25.8 Å². The Balaban J connectivity index is 1.96. The van der Waals surface area contributed by atoms with Crippen LogP contribution in [0.3, 0.4) is 0 Å². The lowest BCUT2D eigenvalue weighted by atomic mass is 10.1. The van der Waals surface area contributed by atoms with Gasteiger partial charge in [-0.25, -0.2) is 4.79 Å². The highest BCUT2D eigenvalue weighted by Gasteiger charge is 2.21. The molecule has 3 nitrogen and oxygen atoms in total. The van der Waals surface area contributed by atoms with Gasteiger partial charge in [-0.15, -0.1) is 11.3 Å². The molecule has 0 saturated carbocycles. The third kappa shape index (κ3) is 3.84. The lowest BCUT2D eigenvalue weighted by molar-refractivity contribution is -0.138. The summed E-state index contributed by atoms with van der Waals surface area (Å²) in [5, 5.41) is 12.2. The summed E-state index contributed by atoms with van der Waals surface area (Å²) in [6.45, 7) is 2.49. The number of aryl methyl sites for hydroxylation is 1. The lowest BCUT2D eigenvalue weighted by Gasteiger charge is -2.27. The first kappa shape index (κ1) is 14.6. The largest absolute Gasteiger partial charge is 0.480 e. The molecule has 2 rings (SSSR count). The van der Waals surface area contributed by atoms with Crippen molar-refractivity contribution in [1.29, 1.82) is 0 Å². The fraction of sp³-hybridized carbons (Fsp3) is 0.312. The summed E-state index contributed by atoms with van der Waals surface area (Å²) in [5.41, 5.74) is 1.29. The van der Waals surface area contributed by atoms with Crippen LogP contribution in [0.15, 0.2) is 47.8 Å². The molecule has 4 heteroatoms. The van der Waals surface area contributed by atoms with E-state index in [4.69, 9.17) is 0 Å². The van der Waals surface area contributed by atoms with Crippen LogP contribution in [0.2, 0.25) is 0 Å². The van der Waals surface area contributed by atoms with Crippen molar-refractivity contribution in [3.05, 3.63) is 53.4 Å². The first-order chi connectivity index (χ1) is 9.68. The predicted molar refractivity (Wildman–Crippen MR) is 83.5 cm³/mol. The molecule has 0 amide bonds. The van der Waals surface area contributed by atoms with E-state index < -0.39 is 12.0 Å². The maximum atomic E-state index is 11.2. The van der Waals surface area contributed by atoms with Crippen molar-refractivity contribution in [1.82, 2.24) is 0 Å². The fourth-order valence-electron chi connectivity index (χ4n) is 2.16. The molecular formula is C16H19NO2S. The average molecular weight is 289 g/mol. The van der Waals surface area contributed by atoms with Crippen molar-refractivity contribution < 1.29 is 9.90 Å². The average Bonchev–Trinajstić information content (AvgIpc) is 2.98. The molecular weight excluding hydrogens is 270 g/mol. The minimum absolute atomic E-state index is 0.496. The third-order valence-corrected chi connectivity index (χ3v) is 4.23. The van der Waals surface area contributed by atoms with E-state index in [-0.39, 0.29) is 0 Å². The van der Waals surface area contributed by atoms with E-state index in [1.54, 1.807) is 18.3 Å². The number of carboxylic acids is 1. The van der Waals surface area contributed by atoms with E-state index in [1.807, 2.05) is 40.6 Å². The van der Waals surface area contributed by atoms with Crippen LogP contribution in [-0.2, 0) is 11.2 Å². The second-order valence-electron chi connectivity index (χ2n) is 4.75. The Hall–Kier alpha value is -1.81. The zero-order valence-corrected chi connectivity index (χ0v) is 12.3. The number of carboxylic acid groups (broad SMARTS) is 1. The maximum absolute atomic E-state index is 11.2. The Morgan fingerprint density at radius 2 is 2.00 bits per heavy atom. The Kier molecular flexibility index (Phi) is 5.18. The quantitative estimate of drug-likeness (QED) is 0.845. The van der Waals surface area contributed by atoms with Crippen molar-refractivity contribution in [2.75, 3.05) is 11.4 Å². The molecule has 0 spiro atoms. The highest BCUT2D eigenvalue weighted by atomic mass is 32.1. The van der Waals surface area contributed by atoms with Gasteiger partial charge >= 0.3 is 5.97 Å². The van der Waals surface area contributed by atoms with Gasteiger partial charge in [-0.05, 0) is 42.8 Å². The normalized spacial score (nSPS) is 12.1. The Morgan fingerprint density at radius 3 is 2.60 bits per heavy atom. The molecule has 0 aliphatic heterocycles. The maximum Gasteiger partial charge on any atom is 0.326 e. The molecule has 1 heterocycles. The molecule has 0 fully saturated rings. The molecule has 2 aromatic rings. The van der Waals surface area contributed by atoms with Crippen molar-refractivity contribution >= 4 is 22.3 Å². The summed E-state index contributed by atoms with van der Waals surface area (Å²) in [6, 6.07) is 13.7. The monoisotopic (exact) mass is 289 g/mol. The molecule has 0 aliphatic carbocycles. The van der Waals surface area contributed by atoms with Crippen molar-refractivity contribution in [2.24, 2.45) is 0 Å². The molecule has 1 aromatic heterocycles. The Bertz CT molecular complexity index is 525. The van der Waals surface area contributed by atoms with Crippen molar-refractivity contribution in [3.8, 4) is 0 Å². The van der Waals surface area contributed by atoms with E-state index in [9.17, 15) is 9.90 Å². The number of rotatable bonds is 7. The number of aliphatic carboxylic acids is 1. The predicted octanol–water partition coefficient (Wildman–Crippen LogP) is 3.66. The van der Waals surface area contributed by atoms with Gasteiger partial charge in [0.25, 0.3) is 0 Å². The fourth-order valence-corrected chi connectivity index (χ4v) is 3.00. The second-order valence-corrected chi connectivity index (χ2v) is 5.67. The Labute approximate surface area is 123 Å². The van der Waals surface area contributed by atoms with Crippen LogP contribution in [0.4, 0.5) is 5.00 Å². The van der Waals surface area contributed by atoms with E-state index >= 15 is 0 Å². The Morgan fingerprint density at radius 1 is 1.25 bits per heavy atom. The van der Waals surface area contributed by atoms with Crippen LogP contribution in [0, 0.1) is 0 Å². The number of hydrogen-bond donors (Lipinski definition) is 1. The van der Waals surface area contributed by atoms with Crippen LogP contribution >= 0.6 is 11.3 Å². The third-order valence-electron chi connectivity index (χ3n) is 3.32. The summed E-state index contributed by atoms with van der Waals surface area (Å²) in [4.78, 5) is 13.2. The number of nitrogens with zero attached hydrogens (tertiary/aromatic N) is 1. The summed E-state index contributed by atoms with van der Waals surface area (Å²) in [7, 11) is 0. The smallest absolute Gasteiger partial charge is 0.326 e. The number of anilines is 1. The minimum Gasteiger partial charge on any atom is -0.480 e. The van der Waals surface area contributed by atoms with Gasteiger partial charge < -0.3 is 10.0 Å². The summed E-state index contributed by atoms with van der Waals surface area (Å²) < 4.78 is 0. The van der Waals surface area contributed by atoms with Gasteiger partial charge in [-0.1, -0.05) is 30.3 Å². The van der Waals surface area contributed by atoms with E-state index in [0.29, 0.717) is 0 Å². The van der Waals surface area contributed by atoms with Gasteiger partial charge in [0.2, 0.25) is 0 Å². The topological polar surface area (TPSA) is 40.5 Å². The van der Waals surface area contributed by atoms with Crippen LogP contribution in [0.25, 0.3) is 0 Å². The van der Waals surface area contributed by atoms with Crippen LogP contribution in [-0.4, -0.2) is 23.7 Å². The van der Waals surface area contributed by atoms with Gasteiger partial charge in [-0.3, -0.25) is 0 Å². The summed E-state index contributed by atoms with van der Waals surface area (Å²) >= 11 is 1.59. The highest BCUT2D eigenvalue weighted by molar-refractivity contribution is 7.14. The van der Waals surface area contributed by atoms with E-state index in [2.05, 4.69) is 12.1 Å². The number of thiophene rings is 1. The number of hydrogen-bond acceptors (Lipinski definition) is 3. The molecule has 0 saturated heterocycles. The first-order valence-corrected chi connectivity index (χ1v) is 7.63. The molecule has 0 radical (unpaired) electrons. The number of benzene rings is 1.